The van der Waals surface area contributed by atoms with Crippen molar-refractivity contribution in [1.29, 1.82) is 0 Å². The van der Waals surface area contributed by atoms with Crippen LogP contribution in [0.3, 0.4) is 0 Å². The van der Waals surface area contributed by atoms with E-state index in [0.717, 1.165) is 0 Å². The summed E-state index contributed by atoms with van der Waals surface area (Å²) in [7, 11) is 3.60. The average molecular weight is 502 g/mol. The van der Waals surface area contributed by atoms with Gasteiger partial charge in [0.25, 0.3) is 11.8 Å². The summed E-state index contributed by atoms with van der Waals surface area (Å²) < 4.78 is 41.8. The molecule has 2 heterocycles. The molecule has 0 spiro atoms. The first kappa shape index (κ1) is 25.4. The van der Waals surface area contributed by atoms with E-state index in [1.807, 2.05) is 4.90 Å². The highest BCUT2D eigenvalue weighted by atomic mass is 19.4. The Morgan fingerprint density at radius 3 is 2.58 bits per heavy atom. The molecule has 11 heteroatoms. The maximum Gasteiger partial charge on any atom is 0.412 e. The monoisotopic (exact) mass is 502 g/mol. The van der Waals surface area contributed by atoms with Crippen molar-refractivity contribution in [2.24, 2.45) is 0 Å². The number of imide groups is 1. The molecule has 0 bridgehead atoms. The topological polar surface area (TPSA) is 98.8 Å². The molecule has 4 rings (SSSR count). The van der Waals surface area contributed by atoms with Gasteiger partial charge in [0.05, 0.1) is 0 Å². The number of hydrogen-bond donors (Lipinski definition) is 2. The fourth-order valence-electron chi connectivity index (χ4n) is 4.52. The molecule has 0 saturated carbocycles. The van der Waals surface area contributed by atoms with Crippen molar-refractivity contribution >= 4 is 23.6 Å². The Morgan fingerprint density at radius 2 is 1.92 bits per heavy atom. The van der Waals surface area contributed by atoms with Gasteiger partial charge in [-0.1, -0.05) is 24.3 Å². The third-order valence-corrected chi connectivity index (χ3v) is 6.17. The van der Waals surface area contributed by atoms with Gasteiger partial charge in [-0.2, -0.15) is 13.2 Å². The second-order valence-corrected chi connectivity index (χ2v) is 9.20. The van der Waals surface area contributed by atoms with Crippen molar-refractivity contribution in [1.82, 2.24) is 20.4 Å². The number of alkyl halides is 3. The van der Waals surface area contributed by atoms with E-state index in [2.05, 4.69) is 10.6 Å². The highest BCUT2D eigenvalue weighted by molar-refractivity contribution is 6.06. The summed E-state index contributed by atoms with van der Waals surface area (Å²) in [6.45, 7) is 0.450. The van der Waals surface area contributed by atoms with Crippen LogP contribution in [0, 0.1) is 0 Å². The Hall–Kier alpha value is -3.73. The van der Waals surface area contributed by atoms with Crippen LogP contribution in [-0.4, -0.2) is 59.7 Å². The molecule has 190 valence electrons. The minimum absolute atomic E-state index is 0.0108. The third-order valence-electron chi connectivity index (χ3n) is 6.17. The Kier molecular flexibility index (Phi) is 6.85. The Balaban J connectivity index is 1.54. The lowest BCUT2D eigenvalue weighted by molar-refractivity contribution is -0.155. The van der Waals surface area contributed by atoms with Crippen LogP contribution in [0.15, 0.2) is 42.5 Å². The minimum Gasteiger partial charge on any atom is -0.337 e. The summed E-state index contributed by atoms with van der Waals surface area (Å²) >= 11 is 0. The minimum atomic E-state index is -4.73. The Labute approximate surface area is 205 Å². The number of fused-ring (bicyclic) bond motifs is 1. The lowest BCUT2D eigenvalue weighted by atomic mass is 10.0. The van der Waals surface area contributed by atoms with Crippen LogP contribution >= 0.6 is 0 Å². The molecule has 0 aromatic heterocycles. The van der Waals surface area contributed by atoms with Crippen molar-refractivity contribution in [2.45, 2.75) is 44.2 Å². The molecule has 2 N–H and O–H groups in total. The Bertz CT molecular complexity index is 1230. The van der Waals surface area contributed by atoms with Gasteiger partial charge in [0.15, 0.2) is 6.04 Å². The molecular formula is C25H25F3N4O4. The lowest BCUT2D eigenvalue weighted by Gasteiger charge is -2.29. The summed E-state index contributed by atoms with van der Waals surface area (Å²) in [5.41, 5.74) is 1.24. The second kappa shape index (κ2) is 9.73. The molecule has 0 aliphatic carbocycles. The van der Waals surface area contributed by atoms with E-state index in [-0.39, 0.29) is 36.1 Å². The van der Waals surface area contributed by atoms with E-state index in [9.17, 15) is 32.3 Å². The number of benzene rings is 2. The smallest absolute Gasteiger partial charge is 0.337 e. The fourth-order valence-corrected chi connectivity index (χ4v) is 4.52. The predicted molar refractivity (Wildman–Crippen MR) is 123 cm³/mol. The standard InChI is InChI=1S/C25H25F3N4O4/c1-31(2)12-14-4-3-5-15(10-14)21(25(26,27)28)30-22(34)16-6-7-18-17(11-16)13-32(24(18)36)19-8-9-20(33)29-23(19)35/h3-7,10-11,19,21H,8-9,12-13H2,1-2H3,(H,30,34)(H,29,33,35)/t19?,21-/m1/s1. The molecule has 2 aliphatic rings. The summed E-state index contributed by atoms with van der Waals surface area (Å²) in [4.78, 5) is 52.4. The van der Waals surface area contributed by atoms with Crippen molar-refractivity contribution in [3.63, 3.8) is 0 Å². The number of halogens is 3. The number of rotatable bonds is 6. The highest BCUT2D eigenvalue weighted by Crippen LogP contribution is 2.34. The van der Waals surface area contributed by atoms with Crippen LogP contribution in [0.1, 0.15) is 56.3 Å². The van der Waals surface area contributed by atoms with E-state index >= 15 is 0 Å². The van der Waals surface area contributed by atoms with Gasteiger partial charge >= 0.3 is 6.18 Å². The van der Waals surface area contributed by atoms with Crippen molar-refractivity contribution in [3.05, 3.63) is 70.3 Å². The van der Waals surface area contributed by atoms with E-state index in [4.69, 9.17) is 0 Å². The van der Waals surface area contributed by atoms with Gasteiger partial charge in [0.2, 0.25) is 11.8 Å². The third kappa shape index (κ3) is 5.25. The molecule has 1 saturated heterocycles. The summed E-state index contributed by atoms with van der Waals surface area (Å²) in [5, 5.41) is 4.28. The normalized spacial score (nSPS) is 18.8. The van der Waals surface area contributed by atoms with Crippen LogP contribution in [0.2, 0.25) is 0 Å². The number of hydrogen-bond acceptors (Lipinski definition) is 5. The van der Waals surface area contributed by atoms with Crippen molar-refractivity contribution in [3.8, 4) is 0 Å². The molecule has 0 radical (unpaired) electrons. The van der Waals surface area contributed by atoms with Crippen molar-refractivity contribution in [2.75, 3.05) is 14.1 Å². The van der Waals surface area contributed by atoms with Gasteiger partial charge in [0, 0.05) is 30.6 Å². The predicted octanol–water partition coefficient (Wildman–Crippen LogP) is 2.54. The molecule has 2 aliphatic heterocycles. The summed E-state index contributed by atoms with van der Waals surface area (Å²) in [6, 6.07) is 6.94. The maximum atomic E-state index is 13.9. The lowest BCUT2D eigenvalue weighted by Crippen LogP contribution is -2.52. The molecule has 2 aromatic carbocycles. The SMILES string of the molecule is CN(C)Cc1cccc([C@@H](NC(=O)c2ccc3c(c2)CN(C2CCC(=O)NC2=O)C3=O)C(F)(F)F)c1. The number of piperidine rings is 1. The molecule has 4 amide bonds. The number of nitrogens with zero attached hydrogens (tertiary/aromatic N) is 2. The van der Waals surface area contributed by atoms with E-state index in [0.29, 0.717) is 17.7 Å². The van der Waals surface area contributed by atoms with E-state index in [1.54, 1.807) is 20.2 Å². The van der Waals surface area contributed by atoms with Crippen LogP contribution in [0.25, 0.3) is 0 Å². The van der Waals surface area contributed by atoms with Gasteiger partial charge in [-0.15, -0.1) is 0 Å². The largest absolute Gasteiger partial charge is 0.412 e. The molecule has 1 unspecified atom stereocenters. The molecule has 2 atom stereocenters. The van der Waals surface area contributed by atoms with Gasteiger partial charge in [-0.3, -0.25) is 24.5 Å². The van der Waals surface area contributed by atoms with Gasteiger partial charge in [-0.25, -0.2) is 0 Å². The second-order valence-electron chi connectivity index (χ2n) is 9.20. The van der Waals surface area contributed by atoms with Crippen LogP contribution in [0.4, 0.5) is 13.2 Å². The fraction of sp³-hybridized carbons (Fsp3) is 0.360. The first-order valence-corrected chi connectivity index (χ1v) is 11.3. The quantitative estimate of drug-likeness (QED) is 0.592. The Morgan fingerprint density at radius 1 is 1.17 bits per heavy atom. The summed E-state index contributed by atoms with van der Waals surface area (Å²) in [5.74, 6) is -2.36. The van der Waals surface area contributed by atoms with E-state index < -0.39 is 41.9 Å². The molecular weight excluding hydrogens is 477 g/mol. The van der Waals surface area contributed by atoms with Crippen molar-refractivity contribution < 1.29 is 32.3 Å². The molecule has 1 fully saturated rings. The van der Waals surface area contributed by atoms with Gasteiger partial charge in [0.1, 0.15) is 6.04 Å². The van der Waals surface area contributed by atoms with Crippen LogP contribution in [-0.2, 0) is 22.7 Å². The number of nitrogens with one attached hydrogen (secondary N) is 2. The molecule has 36 heavy (non-hydrogen) atoms. The molecule has 8 nitrogen and oxygen atoms in total. The zero-order chi connectivity index (χ0) is 26.2. The highest BCUT2D eigenvalue weighted by Gasteiger charge is 2.43. The zero-order valence-corrected chi connectivity index (χ0v) is 19.7. The average Bonchev–Trinajstić information content (AvgIpc) is 3.11. The van der Waals surface area contributed by atoms with E-state index in [1.165, 1.54) is 41.3 Å². The van der Waals surface area contributed by atoms with Crippen LogP contribution in [0.5, 0.6) is 0 Å². The van der Waals surface area contributed by atoms with Crippen LogP contribution < -0.4 is 10.6 Å². The molecule has 2 aromatic rings. The first-order valence-electron chi connectivity index (χ1n) is 11.3. The maximum absolute atomic E-state index is 13.9. The first-order chi connectivity index (χ1) is 16.9. The van der Waals surface area contributed by atoms with Gasteiger partial charge in [-0.05, 0) is 55.4 Å². The number of carbonyl (C=O) groups excluding carboxylic acids is 4. The number of carbonyl (C=O) groups is 4. The number of amides is 4. The zero-order valence-electron chi connectivity index (χ0n) is 19.7. The summed E-state index contributed by atoms with van der Waals surface area (Å²) in [6.07, 6.45) is -4.46. The van der Waals surface area contributed by atoms with Gasteiger partial charge < -0.3 is 15.1 Å².